The van der Waals surface area contributed by atoms with Gasteiger partial charge in [0, 0.05) is 47.8 Å². The third-order valence-corrected chi connectivity index (χ3v) is 9.10. The lowest BCUT2D eigenvalue weighted by molar-refractivity contribution is -0.167. The van der Waals surface area contributed by atoms with Crippen LogP contribution in [0.25, 0.3) is 0 Å². The van der Waals surface area contributed by atoms with Gasteiger partial charge in [-0.05, 0) is 93.9 Å². The van der Waals surface area contributed by atoms with E-state index in [1.807, 2.05) is 0 Å². The van der Waals surface area contributed by atoms with E-state index in [0.29, 0.717) is 13.2 Å². The van der Waals surface area contributed by atoms with Gasteiger partial charge in [0.2, 0.25) is 0 Å². The summed E-state index contributed by atoms with van der Waals surface area (Å²) in [4.78, 5) is 25.8. The van der Waals surface area contributed by atoms with Gasteiger partial charge in [-0.1, -0.05) is 0 Å². The van der Waals surface area contributed by atoms with Gasteiger partial charge in [0.15, 0.2) is 0 Å². The van der Waals surface area contributed by atoms with Crippen molar-refractivity contribution in [2.24, 2.45) is 11.8 Å². The molecule has 2 N–H and O–H groups in total. The van der Waals surface area contributed by atoms with E-state index >= 15 is 0 Å². The van der Waals surface area contributed by atoms with Crippen molar-refractivity contribution >= 4 is 11.9 Å². The van der Waals surface area contributed by atoms with Crippen molar-refractivity contribution in [2.45, 2.75) is 166 Å². The zero-order valence-corrected chi connectivity index (χ0v) is 26.4. The molecule has 2 unspecified atom stereocenters. The number of nitrogens with one attached hydrogen (secondary N) is 2. The Labute approximate surface area is 242 Å². The maximum Gasteiger partial charge on any atom is 0.311 e. The highest BCUT2D eigenvalue weighted by atomic mass is 16.6. The first-order chi connectivity index (χ1) is 18.5. The summed E-state index contributed by atoms with van der Waals surface area (Å²) >= 11 is 0. The van der Waals surface area contributed by atoms with Crippen molar-refractivity contribution in [2.75, 3.05) is 13.2 Å². The molecule has 2 atom stereocenters. The molecule has 8 heteroatoms. The van der Waals surface area contributed by atoms with Crippen molar-refractivity contribution in [3.63, 3.8) is 0 Å². The number of piperidine rings is 2. The van der Waals surface area contributed by atoms with Crippen LogP contribution in [0.5, 0.6) is 0 Å². The molecule has 0 aromatic heterocycles. The standard InChI is InChI=1S/C32H56N2O6/c1-29(2)15-25(16-30(3,4)33-29)39-27(35)21-9-12-23(13-10-21)38-20-24-14-11-22(19-37-24)28(36)40-26-17-31(5,6)34-32(7,8)18-26/h21-26,33-34H,9-20H2,1-8H3. The van der Waals surface area contributed by atoms with Gasteiger partial charge >= 0.3 is 11.9 Å². The molecule has 4 rings (SSSR count). The van der Waals surface area contributed by atoms with Crippen LogP contribution in [0.2, 0.25) is 0 Å². The second-order valence-electron chi connectivity index (χ2n) is 15.8. The van der Waals surface area contributed by atoms with E-state index in [4.69, 9.17) is 18.9 Å². The third-order valence-electron chi connectivity index (χ3n) is 9.10. The lowest BCUT2D eigenvalue weighted by atomic mass is 9.80. The van der Waals surface area contributed by atoms with Gasteiger partial charge in [-0.3, -0.25) is 9.59 Å². The Hall–Kier alpha value is -1.22. The van der Waals surface area contributed by atoms with E-state index in [0.717, 1.165) is 64.2 Å². The molecule has 230 valence electrons. The smallest absolute Gasteiger partial charge is 0.311 e. The molecule has 1 aliphatic carbocycles. The van der Waals surface area contributed by atoms with Crippen LogP contribution in [0.15, 0.2) is 0 Å². The summed E-state index contributed by atoms with van der Waals surface area (Å²) < 4.78 is 24.2. The molecule has 8 nitrogen and oxygen atoms in total. The highest BCUT2D eigenvalue weighted by molar-refractivity contribution is 5.73. The number of esters is 2. The summed E-state index contributed by atoms with van der Waals surface area (Å²) in [5.41, 5.74) is -0.194. The summed E-state index contributed by atoms with van der Waals surface area (Å²) in [6, 6.07) is 0. The van der Waals surface area contributed by atoms with E-state index in [2.05, 4.69) is 66.0 Å². The maximum absolute atomic E-state index is 12.9. The van der Waals surface area contributed by atoms with Gasteiger partial charge in [-0.15, -0.1) is 0 Å². The van der Waals surface area contributed by atoms with Gasteiger partial charge in [-0.2, -0.15) is 0 Å². The van der Waals surface area contributed by atoms with E-state index in [9.17, 15) is 9.59 Å². The number of hydrogen-bond acceptors (Lipinski definition) is 8. The fourth-order valence-electron chi connectivity index (χ4n) is 7.98. The second-order valence-corrected chi connectivity index (χ2v) is 15.8. The van der Waals surface area contributed by atoms with Gasteiger partial charge < -0.3 is 29.6 Å². The van der Waals surface area contributed by atoms with Crippen LogP contribution in [-0.4, -0.2) is 71.7 Å². The minimum absolute atomic E-state index is 0.00936. The van der Waals surface area contributed by atoms with Crippen molar-refractivity contribution in [1.82, 2.24) is 10.6 Å². The van der Waals surface area contributed by atoms with Crippen molar-refractivity contribution in [3.8, 4) is 0 Å². The molecule has 0 aromatic rings. The van der Waals surface area contributed by atoms with Crippen LogP contribution in [-0.2, 0) is 28.5 Å². The maximum atomic E-state index is 12.9. The van der Waals surface area contributed by atoms with Gasteiger partial charge in [0.05, 0.1) is 37.3 Å². The molecule has 3 saturated heterocycles. The average molecular weight is 565 g/mol. The zero-order chi connectivity index (χ0) is 29.3. The van der Waals surface area contributed by atoms with Crippen molar-refractivity contribution < 1.29 is 28.5 Å². The molecule has 40 heavy (non-hydrogen) atoms. The Morgan fingerprint density at radius 2 is 1.05 bits per heavy atom. The highest BCUT2D eigenvalue weighted by Crippen LogP contribution is 2.34. The Bertz CT molecular complexity index is 780. The quantitative estimate of drug-likeness (QED) is 0.415. The summed E-state index contributed by atoms with van der Waals surface area (Å²) in [5, 5.41) is 7.28. The van der Waals surface area contributed by atoms with Crippen LogP contribution in [0, 0.1) is 11.8 Å². The predicted octanol–water partition coefficient (Wildman–Crippen LogP) is 5.06. The van der Waals surface area contributed by atoms with Crippen molar-refractivity contribution in [3.05, 3.63) is 0 Å². The van der Waals surface area contributed by atoms with Crippen molar-refractivity contribution in [1.29, 1.82) is 0 Å². The van der Waals surface area contributed by atoms with Gasteiger partial charge in [0.25, 0.3) is 0 Å². The van der Waals surface area contributed by atoms with E-state index < -0.39 is 0 Å². The Morgan fingerprint density at radius 1 is 0.625 bits per heavy atom. The first kappa shape index (κ1) is 31.7. The highest BCUT2D eigenvalue weighted by Gasteiger charge is 2.42. The SMILES string of the molecule is CC1(C)CC(OC(=O)C2CCC(OCC3CCC(C(=O)OC4CC(C)(C)NC(C)(C)C4)CO3)CC2)CC(C)(C)N1. The number of carbonyl (C=O) groups is 2. The average Bonchev–Trinajstić information content (AvgIpc) is 2.79. The topological polar surface area (TPSA) is 95.1 Å². The van der Waals surface area contributed by atoms with E-state index in [1.54, 1.807) is 0 Å². The zero-order valence-electron chi connectivity index (χ0n) is 26.4. The van der Waals surface area contributed by atoms with Crippen LogP contribution >= 0.6 is 0 Å². The summed E-state index contributed by atoms with van der Waals surface area (Å²) in [6.45, 7) is 18.3. The Morgan fingerprint density at radius 3 is 1.48 bits per heavy atom. The monoisotopic (exact) mass is 564 g/mol. The molecule has 1 saturated carbocycles. The molecule has 3 heterocycles. The van der Waals surface area contributed by atoms with Crippen LogP contribution in [0.4, 0.5) is 0 Å². The summed E-state index contributed by atoms with van der Waals surface area (Å²) in [7, 11) is 0. The molecular formula is C32H56N2O6. The fraction of sp³-hybridized carbons (Fsp3) is 0.938. The molecule has 4 aliphatic rings. The van der Waals surface area contributed by atoms with Crippen LogP contribution < -0.4 is 10.6 Å². The van der Waals surface area contributed by atoms with E-state index in [-0.39, 0.29) is 70.3 Å². The Balaban J connectivity index is 1.12. The molecule has 0 amide bonds. The fourth-order valence-corrected chi connectivity index (χ4v) is 7.98. The predicted molar refractivity (Wildman–Crippen MR) is 155 cm³/mol. The van der Waals surface area contributed by atoms with E-state index in [1.165, 1.54) is 0 Å². The lowest BCUT2D eigenvalue weighted by Crippen LogP contribution is -2.60. The number of ether oxygens (including phenoxy) is 4. The number of rotatable bonds is 7. The number of hydrogen-bond donors (Lipinski definition) is 2. The first-order valence-corrected chi connectivity index (χ1v) is 15.7. The minimum atomic E-state index is -0.199. The molecule has 0 spiro atoms. The summed E-state index contributed by atoms with van der Waals surface area (Å²) in [6.07, 6.45) is 8.32. The summed E-state index contributed by atoms with van der Waals surface area (Å²) in [5.74, 6) is -0.397. The molecule has 0 aromatic carbocycles. The van der Waals surface area contributed by atoms with Crippen LogP contribution in [0.3, 0.4) is 0 Å². The third kappa shape index (κ3) is 9.14. The largest absolute Gasteiger partial charge is 0.462 e. The molecule has 0 bridgehead atoms. The Kier molecular flexibility index (Phi) is 9.65. The number of carbonyl (C=O) groups excluding carboxylic acids is 2. The molecular weight excluding hydrogens is 508 g/mol. The molecule has 0 radical (unpaired) electrons. The van der Waals surface area contributed by atoms with Crippen LogP contribution in [0.1, 0.15) is 120 Å². The normalized spacial score (nSPS) is 34.1. The second kappa shape index (κ2) is 12.2. The van der Waals surface area contributed by atoms with Gasteiger partial charge in [-0.25, -0.2) is 0 Å². The minimum Gasteiger partial charge on any atom is -0.462 e. The van der Waals surface area contributed by atoms with Gasteiger partial charge in [0.1, 0.15) is 12.2 Å². The molecule has 4 fully saturated rings. The first-order valence-electron chi connectivity index (χ1n) is 15.7. The molecule has 3 aliphatic heterocycles. The lowest BCUT2D eigenvalue weighted by Gasteiger charge is -2.46.